The second-order valence-corrected chi connectivity index (χ2v) is 9.12. The van der Waals surface area contributed by atoms with Gasteiger partial charge in [-0.2, -0.15) is 0 Å². The number of rotatable bonds is 8. The Balaban J connectivity index is 1.47. The number of carbonyl (C=O) groups excluding carboxylic acids is 3. The number of fused-ring (bicyclic) bond motifs is 1. The monoisotopic (exact) mass is 478 g/mol. The number of aryl methyl sites for hydroxylation is 1. The van der Waals surface area contributed by atoms with Crippen molar-refractivity contribution in [2.75, 3.05) is 25.5 Å². The smallest absolute Gasteiger partial charge is 0.414 e. The third-order valence-electron chi connectivity index (χ3n) is 6.54. The lowest BCUT2D eigenvalue weighted by atomic mass is 9.99. The molecule has 0 aromatic heterocycles. The Morgan fingerprint density at radius 2 is 1.77 bits per heavy atom. The SMILES string of the molecule is CNC(=O)Nc1ccc2c(c1)CC[C@@H]2C(=O)N(CC(=O)N(Cc1ccccc1)CC1CC1)C(=O)O. The molecule has 184 valence electrons. The van der Waals surface area contributed by atoms with Crippen LogP contribution in [0.1, 0.15) is 41.9 Å². The van der Waals surface area contributed by atoms with Crippen molar-refractivity contribution in [1.82, 2.24) is 15.1 Å². The zero-order valence-electron chi connectivity index (χ0n) is 19.7. The number of nitrogens with one attached hydrogen (secondary N) is 2. The Bertz CT molecular complexity index is 1120. The van der Waals surface area contributed by atoms with Gasteiger partial charge in [0.2, 0.25) is 11.8 Å². The summed E-state index contributed by atoms with van der Waals surface area (Å²) in [6.45, 7) is 0.434. The molecule has 35 heavy (non-hydrogen) atoms. The second-order valence-electron chi connectivity index (χ2n) is 9.12. The Hall–Kier alpha value is -3.88. The highest BCUT2D eigenvalue weighted by molar-refractivity contribution is 5.99. The maximum atomic E-state index is 13.3. The molecule has 2 aliphatic rings. The van der Waals surface area contributed by atoms with Crippen molar-refractivity contribution in [3.63, 3.8) is 0 Å². The number of imide groups is 1. The molecule has 4 rings (SSSR count). The van der Waals surface area contributed by atoms with Gasteiger partial charge in [-0.1, -0.05) is 36.4 Å². The highest BCUT2D eigenvalue weighted by Gasteiger charge is 2.37. The molecule has 9 heteroatoms. The van der Waals surface area contributed by atoms with Gasteiger partial charge in [-0.25, -0.2) is 14.5 Å². The highest BCUT2D eigenvalue weighted by atomic mass is 16.4. The number of nitrogens with zero attached hydrogens (tertiary/aromatic N) is 2. The maximum absolute atomic E-state index is 13.3. The number of carbonyl (C=O) groups is 4. The van der Waals surface area contributed by atoms with Crippen molar-refractivity contribution in [3.05, 3.63) is 65.2 Å². The van der Waals surface area contributed by atoms with E-state index in [9.17, 15) is 24.3 Å². The predicted octanol–water partition coefficient (Wildman–Crippen LogP) is 3.41. The molecule has 0 bridgehead atoms. The van der Waals surface area contributed by atoms with Crippen LogP contribution in [0.5, 0.6) is 0 Å². The van der Waals surface area contributed by atoms with Crippen molar-refractivity contribution >= 4 is 29.6 Å². The Morgan fingerprint density at radius 3 is 2.43 bits per heavy atom. The molecule has 0 saturated heterocycles. The number of hydrogen-bond acceptors (Lipinski definition) is 4. The normalized spacial score (nSPS) is 16.2. The minimum atomic E-state index is -1.43. The topological polar surface area (TPSA) is 119 Å². The van der Waals surface area contributed by atoms with Crippen LogP contribution in [-0.4, -0.2) is 59.0 Å². The van der Waals surface area contributed by atoms with E-state index in [0.29, 0.717) is 42.4 Å². The summed E-state index contributed by atoms with van der Waals surface area (Å²) in [4.78, 5) is 52.4. The summed E-state index contributed by atoms with van der Waals surface area (Å²) in [6.07, 6.45) is 1.70. The van der Waals surface area contributed by atoms with Crippen LogP contribution in [0.25, 0.3) is 0 Å². The summed E-state index contributed by atoms with van der Waals surface area (Å²) >= 11 is 0. The van der Waals surface area contributed by atoms with E-state index in [4.69, 9.17) is 0 Å². The van der Waals surface area contributed by atoms with Crippen molar-refractivity contribution in [2.24, 2.45) is 5.92 Å². The molecule has 0 radical (unpaired) electrons. The lowest BCUT2D eigenvalue weighted by molar-refractivity contribution is -0.140. The molecular formula is C26H30N4O5. The Morgan fingerprint density at radius 1 is 1.03 bits per heavy atom. The molecular weight excluding hydrogens is 448 g/mol. The fraction of sp³-hybridized carbons (Fsp3) is 0.385. The quantitative estimate of drug-likeness (QED) is 0.537. The Kier molecular flexibility index (Phi) is 7.33. The largest absolute Gasteiger partial charge is 0.465 e. The molecule has 0 aliphatic heterocycles. The lowest BCUT2D eigenvalue weighted by Gasteiger charge is -2.27. The van der Waals surface area contributed by atoms with Crippen LogP contribution in [0.4, 0.5) is 15.3 Å². The van der Waals surface area contributed by atoms with E-state index in [1.807, 2.05) is 30.3 Å². The molecule has 1 atom stereocenters. The zero-order valence-corrected chi connectivity index (χ0v) is 19.7. The van der Waals surface area contributed by atoms with E-state index in [-0.39, 0.29) is 11.9 Å². The first-order chi connectivity index (χ1) is 16.9. The maximum Gasteiger partial charge on any atom is 0.414 e. The summed E-state index contributed by atoms with van der Waals surface area (Å²) in [5.41, 5.74) is 3.17. The fourth-order valence-corrected chi connectivity index (χ4v) is 4.48. The van der Waals surface area contributed by atoms with Crippen LogP contribution in [-0.2, 0) is 22.6 Å². The van der Waals surface area contributed by atoms with Crippen LogP contribution in [0.3, 0.4) is 0 Å². The minimum absolute atomic E-state index is 0.350. The van der Waals surface area contributed by atoms with Gasteiger partial charge >= 0.3 is 12.1 Å². The third-order valence-corrected chi connectivity index (χ3v) is 6.54. The molecule has 2 aromatic rings. The molecule has 2 aliphatic carbocycles. The standard InChI is InChI=1S/C26H30N4O5/c1-27-25(33)28-20-10-12-21-19(13-20)9-11-22(21)24(32)30(26(34)35)16-23(31)29(15-18-7-8-18)14-17-5-3-2-4-6-17/h2-6,10,12-13,18,22H,7-9,11,14-16H2,1H3,(H,34,35)(H2,27,28,33)/t22-/m0/s1. The molecule has 1 fully saturated rings. The van der Waals surface area contributed by atoms with Gasteiger partial charge in [-0.3, -0.25) is 9.59 Å². The van der Waals surface area contributed by atoms with E-state index in [0.717, 1.165) is 29.5 Å². The number of benzene rings is 2. The molecule has 9 nitrogen and oxygen atoms in total. The first kappa shape index (κ1) is 24.3. The van der Waals surface area contributed by atoms with Gasteiger partial charge < -0.3 is 20.6 Å². The van der Waals surface area contributed by atoms with Crippen LogP contribution in [0, 0.1) is 5.92 Å². The van der Waals surface area contributed by atoms with Crippen molar-refractivity contribution in [1.29, 1.82) is 0 Å². The number of anilines is 1. The second kappa shape index (κ2) is 10.6. The van der Waals surface area contributed by atoms with Crippen molar-refractivity contribution in [2.45, 2.75) is 38.1 Å². The number of carboxylic acid groups (broad SMARTS) is 1. The van der Waals surface area contributed by atoms with Gasteiger partial charge in [-0.05, 0) is 60.4 Å². The average molecular weight is 479 g/mol. The first-order valence-electron chi connectivity index (χ1n) is 11.8. The van der Waals surface area contributed by atoms with Gasteiger partial charge in [0.15, 0.2) is 0 Å². The van der Waals surface area contributed by atoms with E-state index >= 15 is 0 Å². The summed E-state index contributed by atoms with van der Waals surface area (Å²) in [5, 5.41) is 15.0. The van der Waals surface area contributed by atoms with E-state index < -0.39 is 24.5 Å². The zero-order chi connectivity index (χ0) is 24.9. The molecule has 0 unspecified atom stereocenters. The molecule has 0 heterocycles. The predicted molar refractivity (Wildman–Crippen MR) is 130 cm³/mol. The van der Waals surface area contributed by atoms with Crippen LogP contribution < -0.4 is 10.6 Å². The van der Waals surface area contributed by atoms with E-state index in [1.165, 1.54) is 7.05 Å². The molecule has 2 aromatic carbocycles. The first-order valence-corrected chi connectivity index (χ1v) is 11.8. The van der Waals surface area contributed by atoms with Gasteiger partial charge in [0.25, 0.3) is 0 Å². The van der Waals surface area contributed by atoms with Gasteiger partial charge in [0.05, 0.1) is 5.92 Å². The van der Waals surface area contributed by atoms with Crippen molar-refractivity contribution < 1.29 is 24.3 Å². The van der Waals surface area contributed by atoms with Gasteiger partial charge in [-0.15, -0.1) is 0 Å². The highest BCUT2D eigenvalue weighted by Crippen LogP contribution is 2.36. The fourth-order valence-electron chi connectivity index (χ4n) is 4.48. The number of hydrogen-bond donors (Lipinski definition) is 3. The lowest BCUT2D eigenvalue weighted by Crippen LogP contribution is -2.46. The van der Waals surface area contributed by atoms with Gasteiger partial charge in [0, 0.05) is 25.8 Å². The third kappa shape index (κ3) is 5.98. The number of urea groups is 1. The van der Waals surface area contributed by atoms with Crippen molar-refractivity contribution in [3.8, 4) is 0 Å². The molecule has 1 saturated carbocycles. The Labute approximate surface area is 204 Å². The average Bonchev–Trinajstić information content (AvgIpc) is 3.57. The van der Waals surface area contributed by atoms with Crippen LogP contribution >= 0.6 is 0 Å². The van der Waals surface area contributed by atoms with E-state index in [1.54, 1.807) is 23.1 Å². The summed E-state index contributed by atoms with van der Waals surface area (Å²) in [5.74, 6) is -1.19. The minimum Gasteiger partial charge on any atom is -0.465 e. The molecule has 3 N–H and O–H groups in total. The van der Waals surface area contributed by atoms with Gasteiger partial charge in [0.1, 0.15) is 6.54 Å². The van der Waals surface area contributed by atoms with E-state index in [2.05, 4.69) is 10.6 Å². The van der Waals surface area contributed by atoms with Crippen LogP contribution in [0.15, 0.2) is 48.5 Å². The molecule has 0 spiro atoms. The summed E-state index contributed by atoms with van der Waals surface area (Å²) < 4.78 is 0. The molecule has 5 amide bonds. The summed E-state index contributed by atoms with van der Waals surface area (Å²) in [7, 11) is 1.52. The van der Waals surface area contributed by atoms with Crippen LogP contribution in [0.2, 0.25) is 0 Å². The number of amides is 5. The summed E-state index contributed by atoms with van der Waals surface area (Å²) in [6, 6.07) is 14.4.